The van der Waals surface area contributed by atoms with Gasteiger partial charge in [0.15, 0.2) is 5.82 Å². The molecule has 0 amide bonds. The Morgan fingerprint density at radius 2 is 2.29 bits per heavy atom. The summed E-state index contributed by atoms with van der Waals surface area (Å²) in [7, 11) is 1.44. The second kappa shape index (κ2) is 4.80. The molecule has 7 heteroatoms. The van der Waals surface area contributed by atoms with Crippen molar-refractivity contribution in [3.63, 3.8) is 0 Å². The molecular weight excluding hydrogens is 293 g/mol. The van der Waals surface area contributed by atoms with Gasteiger partial charge in [0.1, 0.15) is 11.3 Å². The van der Waals surface area contributed by atoms with Crippen molar-refractivity contribution in [2.24, 2.45) is 5.73 Å². The number of ether oxygens (including phenoxy) is 1. The lowest BCUT2D eigenvalue weighted by Gasteiger charge is -2.06. The molecule has 0 radical (unpaired) electrons. The van der Waals surface area contributed by atoms with Gasteiger partial charge in [0.2, 0.25) is 11.7 Å². The first-order valence-electron chi connectivity index (χ1n) is 4.72. The molecular formula is C10H9BrFN3O2. The smallest absolute Gasteiger partial charge is 0.240 e. The third-order valence-corrected chi connectivity index (χ3v) is 2.76. The number of hydrogen-bond acceptors (Lipinski definition) is 5. The molecule has 0 aliphatic rings. The van der Waals surface area contributed by atoms with Gasteiger partial charge in [-0.1, -0.05) is 5.16 Å². The molecule has 2 aromatic rings. The van der Waals surface area contributed by atoms with Crippen LogP contribution >= 0.6 is 15.9 Å². The highest BCUT2D eigenvalue weighted by molar-refractivity contribution is 9.10. The Kier molecular flexibility index (Phi) is 3.39. The summed E-state index contributed by atoms with van der Waals surface area (Å²) < 4.78 is 24.2. The van der Waals surface area contributed by atoms with Crippen LogP contribution in [0.5, 0.6) is 5.75 Å². The molecule has 5 nitrogen and oxygen atoms in total. The lowest BCUT2D eigenvalue weighted by molar-refractivity contribution is 0.379. The molecule has 2 N–H and O–H groups in total. The Bertz CT molecular complexity index is 544. The van der Waals surface area contributed by atoms with Crippen molar-refractivity contribution in [1.29, 1.82) is 0 Å². The number of hydrogen-bond donors (Lipinski definition) is 1. The molecule has 0 saturated carbocycles. The normalized spacial score (nSPS) is 10.6. The van der Waals surface area contributed by atoms with Crippen molar-refractivity contribution < 1.29 is 13.7 Å². The van der Waals surface area contributed by atoms with E-state index in [0.29, 0.717) is 10.2 Å². The van der Waals surface area contributed by atoms with E-state index in [9.17, 15) is 4.39 Å². The second-order valence-corrected chi connectivity index (χ2v) is 4.01. The van der Waals surface area contributed by atoms with Crippen molar-refractivity contribution in [1.82, 2.24) is 10.1 Å². The summed E-state index contributed by atoms with van der Waals surface area (Å²) in [6.45, 7) is 0.102. The molecule has 0 aliphatic heterocycles. The minimum atomic E-state index is -0.506. The van der Waals surface area contributed by atoms with E-state index in [4.69, 9.17) is 15.0 Å². The summed E-state index contributed by atoms with van der Waals surface area (Å²) in [5.74, 6) is 0.173. The first-order chi connectivity index (χ1) is 8.17. The minimum Gasteiger partial charge on any atom is -0.496 e. The highest BCUT2D eigenvalue weighted by Crippen LogP contribution is 2.34. The largest absolute Gasteiger partial charge is 0.496 e. The molecule has 2 rings (SSSR count). The highest BCUT2D eigenvalue weighted by atomic mass is 79.9. The van der Waals surface area contributed by atoms with Crippen molar-refractivity contribution in [2.45, 2.75) is 6.54 Å². The predicted octanol–water partition coefficient (Wildman–Crippen LogP) is 2.11. The Morgan fingerprint density at radius 1 is 1.53 bits per heavy atom. The Hall–Kier alpha value is -1.47. The van der Waals surface area contributed by atoms with Crippen molar-refractivity contribution >= 4 is 15.9 Å². The minimum absolute atomic E-state index is 0.102. The van der Waals surface area contributed by atoms with E-state index in [1.165, 1.54) is 7.11 Å². The summed E-state index contributed by atoms with van der Waals surface area (Å²) in [5, 5.41) is 3.66. The Labute approximate surface area is 105 Å². The summed E-state index contributed by atoms with van der Waals surface area (Å²) in [6.07, 6.45) is 0. The number of benzene rings is 1. The van der Waals surface area contributed by atoms with Crippen LogP contribution in [0.1, 0.15) is 5.89 Å². The van der Waals surface area contributed by atoms with Crippen LogP contribution in [0.4, 0.5) is 4.39 Å². The number of aromatic nitrogens is 2. The van der Waals surface area contributed by atoms with Gasteiger partial charge in [0, 0.05) is 0 Å². The van der Waals surface area contributed by atoms with Gasteiger partial charge >= 0.3 is 0 Å². The molecule has 1 aromatic heterocycles. The molecule has 1 heterocycles. The van der Waals surface area contributed by atoms with Crippen LogP contribution in [0.3, 0.4) is 0 Å². The van der Waals surface area contributed by atoms with Crippen LogP contribution in [-0.4, -0.2) is 17.3 Å². The van der Waals surface area contributed by atoms with Crippen LogP contribution in [0.2, 0.25) is 0 Å². The van der Waals surface area contributed by atoms with Gasteiger partial charge in [-0.3, -0.25) is 0 Å². The molecule has 0 fully saturated rings. The number of nitrogens with zero attached hydrogens (tertiary/aromatic N) is 2. The molecule has 0 bridgehead atoms. The maximum absolute atomic E-state index is 14.0. The Morgan fingerprint density at radius 3 is 2.88 bits per heavy atom. The van der Waals surface area contributed by atoms with Crippen molar-refractivity contribution in [2.75, 3.05) is 7.11 Å². The van der Waals surface area contributed by atoms with E-state index in [1.54, 1.807) is 12.1 Å². The summed E-state index contributed by atoms with van der Waals surface area (Å²) in [4.78, 5) is 3.97. The van der Waals surface area contributed by atoms with Gasteiger partial charge < -0.3 is 15.0 Å². The SMILES string of the molecule is COc1ccc(Br)c(F)c1-c1noc(CN)n1. The molecule has 17 heavy (non-hydrogen) atoms. The van der Waals surface area contributed by atoms with E-state index in [1.807, 2.05) is 0 Å². The second-order valence-electron chi connectivity index (χ2n) is 3.15. The number of rotatable bonds is 3. The summed E-state index contributed by atoms with van der Waals surface area (Å²) >= 11 is 3.09. The summed E-state index contributed by atoms with van der Waals surface area (Å²) in [5.41, 5.74) is 5.49. The van der Waals surface area contributed by atoms with Crippen LogP contribution in [0.25, 0.3) is 11.4 Å². The zero-order chi connectivity index (χ0) is 12.4. The van der Waals surface area contributed by atoms with Crippen LogP contribution in [0.15, 0.2) is 21.1 Å². The molecule has 1 aromatic carbocycles. The Balaban J connectivity index is 2.60. The van der Waals surface area contributed by atoms with E-state index in [-0.39, 0.29) is 23.8 Å². The first-order valence-corrected chi connectivity index (χ1v) is 5.51. The zero-order valence-corrected chi connectivity index (χ0v) is 10.5. The van der Waals surface area contributed by atoms with Crippen molar-refractivity contribution in [3.05, 3.63) is 28.3 Å². The molecule has 0 unspecified atom stereocenters. The lowest BCUT2D eigenvalue weighted by atomic mass is 10.2. The van der Waals surface area contributed by atoms with Gasteiger partial charge in [-0.25, -0.2) is 4.39 Å². The van der Waals surface area contributed by atoms with Crippen molar-refractivity contribution in [3.8, 4) is 17.1 Å². The fraction of sp³-hybridized carbons (Fsp3) is 0.200. The quantitative estimate of drug-likeness (QED) is 0.940. The fourth-order valence-corrected chi connectivity index (χ4v) is 1.68. The summed E-state index contributed by atoms with van der Waals surface area (Å²) in [6, 6.07) is 3.16. The third kappa shape index (κ3) is 2.16. The first kappa shape index (κ1) is 12.0. The van der Waals surface area contributed by atoms with Crippen LogP contribution in [-0.2, 0) is 6.54 Å². The maximum Gasteiger partial charge on any atom is 0.240 e. The van der Waals surface area contributed by atoms with Gasteiger partial charge in [-0.15, -0.1) is 0 Å². The van der Waals surface area contributed by atoms with Crippen LogP contribution in [0, 0.1) is 5.82 Å². The maximum atomic E-state index is 14.0. The molecule has 0 aliphatic carbocycles. The van der Waals surface area contributed by atoms with Gasteiger partial charge in [0.25, 0.3) is 0 Å². The molecule has 0 atom stereocenters. The fourth-order valence-electron chi connectivity index (χ4n) is 1.35. The van der Waals surface area contributed by atoms with E-state index < -0.39 is 5.82 Å². The standard InChI is InChI=1S/C10H9BrFN3O2/c1-16-6-3-2-5(11)9(12)8(6)10-14-7(4-13)17-15-10/h2-3H,4,13H2,1H3. The van der Waals surface area contributed by atoms with Crippen LogP contribution < -0.4 is 10.5 Å². The van der Waals surface area contributed by atoms with E-state index in [0.717, 1.165) is 0 Å². The number of nitrogens with two attached hydrogens (primary N) is 1. The van der Waals surface area contributed by atoms with Gasteiger partial charge in [-0.05, 0) is 28.1 Å². The predicted molar refractivity (Wildman–Crippen MR) is 61.8 cm³/mol. The van der Waals surface area contributed by atoms with Gasteiger partial charge in [-0.2, -0.15) is 4.98 Å². The monoisotopic (exact) mass is 301 g/mol. The highest BCUT2D eigenvalue weighted by Gasteiger charge is 2.19. The third-order valence-electron chi connectivity index (χ3n) is 2.14. The average molecular weight is 302 g/mol. The van der Waals surface area contributed by atoms with Gasteiger partial charge in [0.05, 0.1) is 18.1 Å². The molecule has 0 saturated heterocycles. The lowest BCUT2D eigenvalue weighted by Crippen LogP contribution is -1.97. The molecule has 90 valence electrons. The molecule has 0 spiro atoms. The van der Waals surface area contributed by atoms with E-state index in [2.05, 4.69) is 26.1 Å². The van der Waals surface area contributed by atoms with E-state index >= 15 is 0 Å². The number of methoxy groups -OCH3 is 1. The zero-order valence-electron chi connectivity index (χ0n) is 8.91. The number of halogens is 2. The average Bonchev–Trinajstić information content (AvgIpc) is 2.80. The topological polar surface area (TPSA) is 74.2 Å².